The lowest BCUT2D eigenvalue weighted by Gasteiger charge is -2.15. The second-order valence-electron chi connectivity index (χ2n) is 6.46. The summed E-state index contributed by atoms with van der Waals surface area (Å²) in [6, 6.07) is 2.19. The van der Waals surface area contributed by atoms with Crippen molar-refractivity contribution in [3.63, 3.8) is 0 Å². The van der Waals surface area contributed by atoms with E-state index in [-0.39, 0.29) is 11.5 Å². The Kier molecular flexibility index (Phi) is 5.93. The molecule has 0 radical (unpaired) electrons. The summed E-state index contributed by atoms with van der Waals surface area (Å²) in [5.74, 6) is -0.341. The van der Waals surface area contributed by atoms with E-state index in [4.69, 9.17) is 0 Å². The zero-order valence-corrected chi connectivity index (χ0v) is 16.0. The van der Waals surface area contributed by atoms with Crippen LogP contribution in [0.1, 0.15) is 46.1 Å². The molecule has 0 saturated heterocycles. The SMILES string of the molecule is Cc1nc(C(=O)NC(C)c2ncccc2F)nc(NCCc2cn[nH]c2)c1C. The number of hydrogen-bond donors (Lipinski definition) is 3. The lowest BCUT2D eigenvalue weighted by Crippen LogP contribution is -2.30. The molecule has 0 aliphatic rings. The maximum absolute atomic E-state index is 13.9. The van der Waals surface area contributed by atoms with Crippen molar-refractivity contribution in [3.8, 4) is 0 Å². The summed E-state index contributed by atoms with van der Waals surface area (Å²) in [4.78, 5) is 25.2. The molecule has 146 valence electrons. The van der Waals surface area contributed by atoms with Gasteiger partial charge in [-0.1, -0.05) is 0 Å². The average Bonchev–Trinajstić information content (AvgIpc) is 3.18. The van der Waals surface area contributed by atoms with E-state index in [9.17, 15) is 9.18 Å². The standard InChI is InChI=1S/C19H22FN7O/c1-11-12(2)25-18(27-17(11)22-8-6-14-9-23-24-10-14)19(28)26-13(3)16-15(20)5-4-7-21-16/h4-5,7,9-10,13H,6,8H2,1-3H3,(H,23,24)(H,26,28)(H,22,25,27). The Balaban J connectivity index is 1.71. The van der Waals surface area contributed by atoms with Crippen molar-refractivity contribution in [3.05, 3.63) is 64.9 Å². The van der Waals surface area contributed by atoms with Gasteiger partial charge in [0.15, 0.2) is 0 Å². The van der Waals surface area contributed by atoms with Gasteiger partial charge >= 0.3 is 0 Å². The summed E-state index contributed by atoms with van der Waals surface area (Å²) in [7, 11) is 0. The first-order valence-electron chi connectivity index (χ1n) is 8.93. The number of carbonyl (C=O) groups excluding carboxylic acids is 1. The molecular formula is C19H22FN7O. The lowest BCUT2D eigenvalue weighted by atomic mass is 10.2. The Labute approximate surface area is 162 Å². The molecule has 3 heterocycles. The highest BCUT2D eigenvalue weighted by Crippen LogP contribution is 2.17. The van der Waals surface area contributed by atoms with Gasteiger partial charge in [-0.2, -0.15) is 5.10 Å². The minimum atomic E-state index is -0.614. The van der Waals surface area contributed by atoms with Gasteiger partial charge in [-0.05, 0) is 44.9 Å². The Hall–Kier alpha value is -3.36. The number of H-pyrrole nitrogens is 1. The van der Waals surface area contributed by atoms with Crippen molar-refractivity contribution >= 4 is 11.7 Å². The zero-order valence-electron chi connectivity index (χ0n) is 16.0. The van der Waals surface area contributed by atoms with Gasteiger partial charge < -0.3 is 10.6 Å². The molecule has 0 spiro atoms. The number of carbonyl (C=O) groups is 1. The summed E-state index contributed by atoms with van der Waals surface area (Å²) >= 11 is 0. The number of rotatable bonds is 7. The van der Waals surface area contributed by atoms with Gasteiger partial charge in [0.25, 0.3) is 5.91 Å². The zero-order chi connectivity index (χ0) is 20.1. The predicted octanol–water partition coefficient (Wildman–Crippen LogP) is 2.50. The van der Waals surface area contributed by atoms with E-state index in [1.54, 1.807) is 13.1 Å². The Bertz CT molecular complexity index is 959. The summed E-state index contributed by atoms with van der Waals surface area (Å²) in [6.45, 7) is 6.00. The summed E-state index contributed by atoms with van der Waals surface area (Å²) in [5.41, 5.74) is 2.80. The number of aromatic amines is 1. The molecule has 3 aromatic heterocycles. The molecule has 0 fully saturated rings. The number of halogens is 1. The number of hydrogen-bond acceptors (Lipinski definition) is 6. The smallest absolute Gasteiger partial charge is 0.289 e. The largest absolute Gasteiger partial charge is 0.369 e. The van der Waals surface area contributed by atoms with Gasteiger partial charge in [0.1, 0.15) is 11.6 Å². The molecule has 0 aliphatic heterocycles. The lowest BCUT2D eigenvalue weighted by molar-refractivity contribution is 0.0927. The fourth-order valence-corrected chi connectivity index (χ4v) is 2.69. The minimum Gasteiger partial charge on any atom is -0.369 e. The Morgan fingerprint density at radius 2 is 2.14 bits per heavy atom. The van der Waals surface area contributed by atoms with Gasteiger partial charge in [0.2, 0.25) is 5.82 Å². The van der Waals surface area contributed by atoms with Crippen molar-refractivity contribution in [1.29, 1.82) is 0 Å². The first-order valence-corrected chi connectivity index (χ1v) is 8.93. The third-order valence-corrected chi connectivity index (χ3v) is 4.40. The second kappa shape index (κ2) is 8.55. The topological polar surface area (TPSA) is 108 Å². The fraction of sp³-hybridized carbons (Fsp3) is 0.316. The molecule has 8 nitrogen and oxygen atoms in total. The van der Waals surface area contributed by atoms with E-state index in [1.807, 2.05) is 20.0 Å². The monoisotopic (exact) mass is 383 g/mol. The van der Waals surface area contributed by atoms with Crippen LogP contribution in [0.15, 0.2) is 30.7 Å². The van der Waals surface area contributed by atoms with Crippen LogP contribution in [-0.4, -0.2) is 37.6 Å². The average molecular weight is 383 g/mol. The normalized spacial score (nSPS) is 11.9. The van der Waals surface area contributed by atoms with Crippen molar-refractivity contribution in [2.24, 2.45) is 0 Å². The Morgan fingerprint density at radius 1 is 1.32 bits per heavy atom. The van der Waals surface area contributed by atoms with Crippen LogP contribution in [0.25, 0.3) is 0 Å². The van der Waals surface area contributed by atoms with Gasteiger partial charge in [-0.25, -0.2) is 14.4 Å². The van der Waals surface area contributed by atoms with Crippen molar-refractivity contribution < 1.29 is 9.18 Å². The van der Waals surface area contributed by atoms with Gasteiger partial charge in [-0.15, -0.1) is 0 Å². The highest BCUT2D eigenvalue weighted by atomic mass is 19.1. The molecule has 1 amide bonds. The van der Waals surface area contributed by atoms with E-state index in [0.29, 0.717) is 18.1 Å². The molecule has 0 saturated carbocycles. The van der Waals surface area contributed by atoms with Crippen molar-refractivity contribution in [2.45, 2.75) is 33.2 Å². The molecule has 3 rings (SSSR count). The number of nitrogens with zero attached hydrogens (tertiary/aromatic N) is 4. The second-order valence-corrected chi connectivity index (χ2v) is 6.46. The van der Waals surface area contributed by atoms with Gasteiger partial charge in [0, 0.05) is 30.2 Å². The van der Waals surface area contributed by atoms with Crippen LogP contribution < -0.4 is 10.6 Å². The van der Waals surface area contributed by atoms with Crippen molar-refractivity contribution in [2.75, 3.05) is 11.9 Å². The number of aryl methyl sites for hydroxylation is 1. The number of pyridine rings is 1. The molecule has 0 aromatic carbocycles. The third kappa shape index (κ3) is 4.48. The summed E-state index contributed by atoms with van der Waals surface area (Å²) in [5, 5.41) is 12.6. The van der Waals surface area contributed by atoms with E-state index < -0.39 is 17.8 Å². The molecule has 0 bridgehead atoms. The summed E-state index contributed by atoms with van der Waals surface area (Å²) < 4.78 is 13.9. The highest BCUT2D eigenvalue weighted by Gasteiger charge is 2.19. The van der Waals surface area contributed by atoms with E-state index in [0.717, 1.165) is 17.5 Å². The van der Waals surface area contributed by atoms with Crippen LogP contribution >= 0.6 is 0 Å². The van der Waals surface area contributed by atoms with Crippen LogP contribution in [-0.2, 0) is 6.42 Å². The van der Waals surface area contributed by atoms with Crippen LogP contribution in [0, 0.1) is 19.7 Å². The fourth-order valence-electron chi connectivity index (χ4n) is 2.69. The molecule has 9 heteroatoms. The molecule has 3 aromatic rings. The number of nitrogens with one attached hydrogen (secondary N) is 3. The summed E-state index contributed by atoms with van der Waals surface area (Å²) in [6.07, 6.45) is 5.83. The molecule has 1 atom stereocenters. The van der Waals surface area contributed by atoms with Crippen LogP contribution in [0.4, 0.5) is 10.2 Å². The number of aromatic nitrogens is 5. The molecule has 3 N–H and O–H groups in total. The molecule has 0 aliphatic carbocycles. The van der Waals surface area contributed by atoms with Crippen LogP contribution in [0.3, 0.4) is 0 Å². The number of amides is 1. The predicted molar refractivity (Wildman–Crippen MR) is 102 cm³/mol. The first kappa shape index (κ1) is 19.4. The minimum absolute atomic E-state index is 0.0251. The first-order chi connectivity index (χ1) is 13.5. The number of anilines is 1. The highest BCUT2D eigenvalue weighted by molar-refractivity contribution is 5.91. The molecular weight excluding hydrogens is 361 g/mol. The van der Waals surface area contributed by atoms with Crippen LogP contribution in [0.2, 0.25) is 0 Å². The maximum Gasteiger partial charge on any atom is 0.289 e. The van der Waals surface area contributed by atoms with E-state index in [2.05, 4.69) is 35.8 Å². The van der Waals surface area contributed by atoms with Gasteiger partial charge in [-0.3, -0.25) is 14.9 Å². The van der Waals surface area contributed by atoms with Crippen LogP contribution in [0.5, 0.6) is 0 Å². The molecule has 1 unspecified atom stereocenters. The van der Waals surface area contributed by atoms with Crippen molar-refractivity contribution in [1.82, 2.24) is 30.5 Å². The quantitative estimate of drug-likeness (QED) is 0.578. The maximum atomic E-state index is 13.9. The van der Waals surface area contributed by atoms with Gasteiger partial charge in [0.05, 0.1) is 17.9 Å². The van der Waals surface area contributed by atoms with E-state index in [1.165, 1.54) is 18.3 Å². The van der Waals surface area contributed by atoms with E-state index >= 15 is 0 Å². The Morgan fingerprint density at radius 3 is 2.86 bits per heavy atom. The molecule has 28 heavy (non-hydrogen) atoms. The third-order valence-electron chi connectivity index (χ3n) is 4.40.